The molecule has 1 aliphatic carbocycles. The highest BCUT2D eigenvalue weighted by Crippen LogP contribution is 2.47. The topological polar surface area (TPSA) is 84.6 Å². The van der Waals surface area contributed by atoms with E-state index in [0.29, 0.717) is 5.56 Å². The van der Waals surface area contributed by atoms with Gasteiger partial charge in [-0.3, -0.25) is 14.9 Å². The smallest absolute Gasteiger partial charge is 0.270 e. The second-order valence-corrected chi connectivity index (χ2v) is 5.45. The van der Waals surface area contributed by atoms with Crippen LogP contribution in [-0.2, 0) is 4.79 Å². The van der Waals surface area contributed by atoms with Gasteiger partial charge in [-0.2, -0.15) is 5.10 Å². The quantitative estimate of drug-likeness (QED) is 0.523. The fourth-order valence-electron chi connectivity index (χ4n) is 2.53. The van der Waals surface area contributed by atoms with Crippen LogP contribution in [0.2, 0.25) is 0 Å². The minimum Gasteiger partial charge on any atom is -0.273 e. The molecule has 0 unspecified atom stereocenters. The third-order valence-electron chi connectivity index (χ3n) is 3.82. The zero-order valence-corrected chi connectivity index (χ0v) is 12.3. The molecular formula is C17H15N3O3. The highest BCUT2D eigenvalue weighted by atomic mass is 16.6. The van der Waals surface area contributed by atoms with Crippen molar-refractivity contribution in [1.29, 1.82) is 0 Å². The van der Waals surface area contributed by atoms with Crippen LogP contribution in [0.25, 0.3) is 0 Å². The highest BCUT2D eigenvalue weighted by molar-refractivity contribution is 5.85. The third kappa shape index (κ3) is 3.60. The Labute approximate surface area is 133 Å². The van der Waals surface area contributed by atoms with Crippen molar-refractivity contribution in [3.8, 4) is 0 Å². The number of nitrogens with zero attached hydrogens (tertiary/aromatic N) is 2. The van der Waals surface area contributed by atoms with Gasteiger partial charge in [-0.15, -0.1) is 0 Å². The van der Waals surface area contributed by atoms with E-state index in [0.717, 1.165) is 12.0 Å². The van der Waals surface area contributed by atoms with Crippen LogP contribution in [0.3, 0.4) is 0 Å². The van der Waals surface area contributed by atoms with Gasteiger partial charge in [0, 0.05) is 23.6 Å². The summed E-state index contributed by atoms with van der Waals surface area (Å²) in [6.07, 6.45) is 2.23. The maximum absolute atomic E-state index is 12.0. The van der Waals surface area contributed by atoms with Crippen molar-refractivity contribution >= 4 is 17.8 Å². The zero-order valence-electron chi connectivity index (χ0n) is 12.3. The number of hydrogen-bond donors (Lipinski definition) is 1. The van der Waals surface area contributed by atoms with E-state index in [1.165, 1.54) is 18.3 Å². The fourth-order valence-corrected chi connectivity index (χ4v) is 2.53. The van der Waals surface area contributed by atoms with E-state index < -0.39 is 4.92 Å². The Hall–Kier alpha value is -3.02. The van der Waals surface area contributed by atoms with Crippen LogP contribution in [0.5, 0.6) is 0 Å². The molecule has 2 aromatic rings. The summed E-state index contributed by atoms with van der Waals surface area (Å²) in [4.78, 5) is 22.2. The molecule has 0 aromatic heterocycles. The van der Waals surface area contributed by atoms with Crippen LogP contribution >= 0.6 is 0 Å². The number of carbonyl (C=O) groups excluding carboxylic acids is 1. The standard InChI is InChI=1S/C17H15N3O3/c21-17(16-10-15(16)13-6-2-1-3-7-13)19-18-11-12-5-4-8-14(9-12)20(22)23/h1-9,11,15-16H,10H2,(H,19,21)/b18-11-/t15-,16-/m1/s1. The summed E-state index contributed by atoms with van der Waals surface area (Å²) >= 11 is 0. The summed E-state index contributed by atoms with van der Waals surface area (Å²) in [5.41, 5.74) is 4.22. The van der Waals surface area contributed by atoms with Crippen molar-refractivity contribution in [1.82, 2.24) is 5.43 Å². The fraction of sp³-hybridized carbons (Fsp3) is 0.176. The van der Waals surface area contributed by atoms with E-state index >= 15 is 0 Å². The summed E-state index contributed by atoms with van der Waals surface area (Å²) in [5, 5.41) is 14.6. The summed E-state index contributed by atoms with van der Waals surface area (Å²) < 4.78 is 0. The van der Waals surface area contributed by atoms with Gasteiger partial charge in [-0.25, -0.2) is 5.43 Å². The molecule has 0 aliphatic heterocycles. The Kier molecular flexibility index (Phi) is 4.14. The Balaban J connectivity index is 1.56. The molecule has 23 heavy (non-hydrogen) atoms. The summed E-state index contributed by atoms with van der Waals surface area (Å²) in [5.74, 6) is 0.0735. The molecule has 0 bridgehead atoms. The van der Waals surface area contributed by atoms with Crippen LogP contribution in [0, 0.1) is 16.0 Å². The van der Waals surface area contributed by atoms with Gasteiger partial charge in [0.25, 0.3) is 5.69 Å². The maximum Gasteiger partial charge on any atom is 0.270 e. The van der Waals surface area contributed by atoms with Crippen LogP contribution in [0.4, 0.5) is 5.69 Å². The first-order valence-corrected chi connectivity index (χ1v) is 7.27. The Bertz CT molecular complexity index is 759. The number of hydrazone groups is 1. The van der Waals surface area contributed by atoms with Gasteiger partial charge in [0.2, 0.25) is 5.91 Å². The second kappa shape index (κ2) is 6.39. The lowest BCUT2D eigenvalue weighted by Crippen LogP contribution is -2.20. The van der Waals surface area contributed by atoms with Gasteiger partial charge < -0.3 is 0 Å². The van der Waals surface area contributed by atoms with Crippen LogP contribution in [0.15, 0.2) is 59.7 Å². The molecular weight excluding hydrogens is 294 g/mol. The van der Waals surface area contributed by atoms with Gasteiger partial charge in [0.05, 0.1) is 11.1 Å². The third-order valence-corrected chi connectivity index (χ3v) is 3.82. The molecule has 2 atom stereocenters. The Morgan fingerprint density at radius 3 is 2.74 bits per heavy atom. The molecule has 6 nitrogen and oxygen atoms in total. The predicted molar refractivity (Wildman–Crippen MR) is 86.1 cm³/mol. The summed E-state index contributed by atoms with van der Waals surface area (Å²) in [6, 6.07) is 16.0. The number of carbonyl (C=O) groups is 1. The number of nitro groups is 1. The van der Waals surface area contributed by atoms with Crippen LogP contribution in [0.1, 0.15) is 23.5 Å². The normalized spacial score (nSPS) is 19.5. The van der Waals surface area contributed by atoms with Crippen molar-refractivity contribution in [2.75, 3.05) is 0 Å². The molecule has 6 heteroatoms. The SMILES string of the molecule is O=C(N/N=C\c1cccc([N+](=O)[O-])c1)[C@@H]1C[C@@H]1c1ccccc1. The van der Waals surface area contributed by atoms with E-state index in [-0.39, 0.29) is 23.4 Å². The van der Waals surface area contributed by atoms with Crippen LogP contribution < -0.4 is 5.43 Å². The molecule has 0 heterocycles. The van der Waals surface area contributed by atoms with Crippen molar-refractivity contribution in [2.24, 2.45) is 11.0 Å². The van der Waals surface area contributed by atoms with Crippen molar-refractivity contribution in [3.63, 3.8) is 0 Å². The summed E-state index contributed by atoms with van der Waals surface area (Å²) in [6.45, 7) is 0. The molecule has 1 N–H and O–H groups in total. The monoisotopic (exact) mass is 309 g/mol. The lowest BCUT2D eigenvalue weighted by molar-refractivity contribution is -0.384. The first kappa shape index (κ1) is 14.9. The molecule has 0 radical (unpaired) electrons. The van der Waals surface area contributed by atoms with Crippen LogP contribution in [-0.4, -0.2) is 17.0 Å². The van der Waals surface area contributed by atoms with E-state index in [1.807, 2.05) is 30.3 Å². The van der Waals surface area contributed by atoms with Gasteiger partial charge in [-0.05, 0) is 17.9 Å². The zero-order chi connectivity index (χ0) is 16.2. The molecule has 1 fully saturated rings. The van der Waals surface area contributed by atoms with Crippen molar-refractivity contribution in [3.05, 3.63) is 75.8 Å². The van der Waals surface area contributed by atoms with Gasteiger partial charge in [0.1, 0.15) is 0 Å². The molecule has 2 aromatic carbocycles. The molecule has 0 spiro atoms. The van der Waals surface area contributed by atoms with Gasteiger partial charge in [0.15, 0.2) is 0 Å². The largest absolute Gasteiger partial charge is 0.273 e. The average Bonchev–Trinajstić information content (AvgIpc) is 3.36. The number of benzene rings is 2. The van der Waals surface area contributed by atoms with E-state index in [2.05, 4.69) is 10.5 Å². The average molecular weight is 309 g/mol. The molecule has 3 rings (SSSR count). The minimum atomic E-state index is -0.468. The second-order valence-electron chi connectivity index (χ2n) is 5.45. The van der Waals surface area contributed by atoms with Crippen molar-refractivity contribution in [2.45, 2.75) is 12.3 Å². The van der Waals surface area contributed by atoms with E-state index in [9.17, 15) is 14.9 Å². The number of non-ortho nitro benzene ring substituents is 1. The predicted octanol–water partition coefficient (Wildman–Crippen LogP) is 2.85. The molecule has 1 saturated carbocycles. The molecule has 1 amide bonds. The van der Waals surface area contributed by atoms with Gasteiger partial charge in [-0.1, -0.05) is 42.5 Å². The minimum absolute atomic E-state index is 0.00777. The van der Waals surface area contributed by atoms with Gasteiger partial charge >= 0.3 is 0 Å². The maximum atomic E-state index is 12.0. The lowest BCUT2D eigenvalue weighted by Gasteiger charge is -2.00. The van der Waals surface area contributed by atoms with E-state index in [1.54, 1.807) is 12.1 Å². The Morgan fingerprint density at radius 2 is 2.00 bits per heavy atom. The number of nitro benzene ring substituents is 1. The Morgan fingerprint density at radius 1 is 1.22 bits per heavy atom. The number of amides is 1. The molecule has 1 aliphatic rings. The first-order valence-electron chi connectivity index (χ1n) is 7.27. The van der Waals surface area contributed by atoms with E-state index in [4.69, 9.17) is 0 Å². The molecule has 0 saturated heterocycles. The lowest BCUT2D eigenvalue weighted by atomic mass is 10.1. The number of rotatable bonds is 5. The summed E-state index contributed by atoms with van der Waals surface area (Å²) in [7, 11) is 0. The first-order chi connectivity index (χ1) is 11.1. The molecule has 116 valence electrons. The number of hydrogen-bond acceptors (Lipinski definition) is 4. The highest BCUT2D eigenvalue weighted by Gasteiger charge is 2.43. The van der Waals surface area contributed by atoms with Crippen molar-refractivity contribution < 1.29 is 9.72 Å². The number of nitrogens with one attached hydrogen (secondary N) is 1.